The molecule has 0 aromatic heterocycles. The van der Waals surface area contributed by atoms with E-state index < -0.39 is 9.84 Å². The highest BCUT2D eigenvalue weighted by atomic mass is 32.2. The van der Waals surface area contributed by atoms with Crippen molar-refractivity contribution >= 4 is 15.7 Å². The molecule has 3 saturated heterocycles. The van der Waals surface area contributed by atoms with Gasteiger partial charge >= 0.3 is 0 Å². The van der Waals surface area contributed by atoms with Gasteiger partial charge in [-0.1, -0.05) is 12.1 Å². The van der Waals surface area contributed by atoms with E-state index in [1.807, 2.05) is 12.1 Å². The molecule has 0 bridgehead atoms. The Labute approximate surface area is 173 Å². The molecule has 0 N–H and O–H groups in total. The highest BCUT2D eigenvalue weighted by molar-refractivity contribution is 7.90. The first kappa shape index (κ1) is 20.8. The Morgan fingerprint density at radius 3 is 2.34 bits per heavy atom. The minimum Gasteiger partial charge on any atom is -0.379 e. The number of carbonyl (C=O) groups is 1. The molecule has 3 fully saturated rings. The maximum atomic E-state index is 13.1. The smallest absolute Gasteiger partial charge is 0.230 e. The highest BCUT2D eigenvalue weighted by Gasteiger charge is 2.50. The zero-order chi connectivity index (χ0) is 20.5. The van der Waals surface area contributed by atoms with Crippen LogP contribution in [0.5, 0.6) is 0 Å². The summed E-state index contributed by atoms with van der Waals surface area (Å²) < 4.78 is 28.6. The first-order chi connectivity index (χ1) is 13.9. The normalized spacial score (nSPS) is 26.7. The van der Waals surface area contributed by atoms with Gasteiger partial charge in [0.2, 0.25) is 5.91 Å². The lowest BCUT2D eigenvalue weighted by Crippen LogP contribution is -2.43. The Balaban J connectivity index is 1.31. The van der Waals surface area contributed by atoms with Gasteiger partial charge in [0.05, 0.1) is 23.5 Å². The zero-order valence-corrected chi connectivity index (χ0v) is 18.0. The molecule has 0 saturated carbocycles. The molecule has 160 valence electrons. The third-order valence-corrected chi connectivity index (χ3v) is 7.71. The quantitative estimate of drug-likeness (QED) is 0.678. The molecule has 1 aromatic rings. The predicted molar refractivity (Wildman–Crippen MR) is 110 cm³/mol. The van der Waals surface area contributed by atoms with Crippen LogP contribution in [-0.4, -0.2) is 94.3 Å². The lowest BCUT2D eigenvalue weighted by Gasteiger charge is -2.29. The Morgan fingerprint density at radius 1 is 0.966 bits per heavy atom. The molecule has 29 heavy (non-hydrogen) atoms. The first-order valence-electron chi connectivity index (χ1n) is 10.5. The SMILES string of the molecule is CS(=O)(=O)c1ccc(CN2CCC3(CCN(CCN4CCOCC4)C3=O)C2)cc1. The van der Waals surface area contributed by atoms with E-state index in [9.17, 15) is 13.2 Å². The Bertz CT molecular complexity index is 836. The van der Waals surface area contributed by atoms with E-state index in [1.165, 1.54) is 6.26 Å². The van der Waals surface area contributed by atoms with Crippen LogP contribution in [0.4, 0.5) is 0 Å². The molecule has 1 spiro atoms. The third-order valence-electron chi connectivity index (χ3n) is 6.58. The molecule has 3 aliphatic rings. The van der Waals surface area contributed by atoms with E-state index in [2.05, 4.69) is 14.7 Å². The monoisotopic (exact) mass is 421 g/mol. The van der Waals surface area contributed by atoms with Gasteiger partial charge < -0.3 is 9.64 Å². The second kappa shape index (κ2) is 8.34. The summed E-state index contributed by atoms with van der Waals surface area (Å²) in [5.41, 5.74) is 0.863. The van der Waals surface area contributed by atoms with Crippen molar-refractivity contribution in [1.29, 1.82) is 0 Å². The number of likely N-dealkylation sites (tertiary alicyclic amines) is 2. The van der Waals surface area contributed by atoms with Crippen LogP contribution >= 0.6 is 0 Å². The van der Waals surface area contributed by atoms with Crippen molar-refractivity contribution in [2.75, 3.05) is 65.3 Å². The molecule has 1 atom stereocenters. The summed E-state index contributed by atoms with van der Waals surface area (Å²) in [6.45, 7) is 8.57. The number of sulfone groups is 1. The summed E-state index contributed by atoms with van der Waals surface area (Å²) >= 11 is 0. The lowest BCUT2D eigenvalue weighted by atomic mass is 9.85. The van der Waals surface area contributed by atoms with Crippen molar-refractivity contribution in [3.63, 3.8) is 0 Å². The second-order valence-electron chi connectivity index (χ2n) is 8.65. The molecule has 1 amide bonds. The molecule has 0 aliphatic carbocycles. The molecule has 1 unspecified atom stereocenters. The summed E-state index contributed by atoms with van der Waals surface area (Å²) in [5.74, 6) is 0.320. The number of hydrogen-bond donors (Lipinski definition) is 0. The summed E-state index contributed by atoms with van der Waals surface area (Å²) in [4.78, 5) is 20.3. The summed E-state index contributed by atoms with van der Waals surface area (Å²) in [6, 6.07) is 7.11. The van der Waals surface area contributed by atoms with Crippen LogP contribution in [0.2, 0.25) is 0 Å². The predicted octanol–water partition coefficient (Wildman–Crippen LogP) is 0.847. The fourth-order valence-corrected chi connectivity index (χ4v) is 5.40. The number of ether oxygens (including phenoxy) is 1. The van der Waals surface area contributed by atoms with Gasteiger partial charge in [0.1, 0.15) is 0 Å². The van der Waals surface area contributed by atoms with E-state index in [1.54, 1.807) is 12.1 Å². The standard InChI is InChI=1S/C21H31N3O4S/c1-29(26,27)19-4-2-18(3-5-19)16-23-8-6-21(17-23)7-9-24(20(21)25)11-10-22-12-14-28-15-13-22/h2-5H,6-17H2,1H3. The molecule has 8 heteroatoms. The van der Waals surface area contributed by atoms with Crippen molar-refractivity contribution in [2.24, 2.45) is 5.41 Å². The zero-order valence-electron chi connectivity index (χ0n) is 17.2. The Kier molecular flexibility index (Phi) is 5.97. The number of nitrogens with zero attached hydrogens (tertiary/aromatic N) is 3. The van der Waals surface area contributed by atoms with Crippen LogP contribution in [0, 0.1) is 5.41 Å². The number of hydrogen-bond acceptors (Lipinski definition) is 6. The van der Waals surface area contributed by atoms with Crippen molar-refractivity contribution in [1.82, 2.24) is 14.7 Å². The molecular weight excluding hydrogens is 390 g/mol. The molecule has 3 heterocycles. The average molecular weight is 422 g/mol. The molecule has 1 aromatic carbocycles. The van der Waals surface area contributed by atoms with Gasteiger partial charge in [0.15, 0.2) is 9.84 Å². The van der Waals surface area contributed by atoms with Crippen molar-refractivity contribution in [3.05, 3.63) is 29.8 Å². The van der Waals surface area contributed by atoms with Crippen molar-refractivity contribution < 1.29 is 17.9 Å². The maximum Gasteiger partial charge on any atom is 0.230 e. The minimum atomic E-state index is -3.17. The van der Waals surface area contributed by atoms with Gasteiger partial charge in [-0.25, -0.2) is 8.42 Å². The van der Waals surface area contributed by atoms with Gasteiger partial charge in [0, 0.05) is 52.1 Å². The Hall–Kier alpha value is -1.48. The number of rotatable bonds is 6. The molecular formula is C21H31N3O4S. The van der Waals surface area contributed by atoms with Gasteiger partial charge in [-0.3, -0.25) is 14.6 Å². The largest absolute Gasteiger partial charge is 0.379 e. The van der Waals surface area contributed by atoms with Crippen molar-refractivity contribution in [3.8, 4) is 0 Å². The van der Waals surface area contributed by atoms with E-state index in [4.69, 9.17) is 4.74 Å². The fourth-order valence-electron chi connectivity index (χ4n) is 4.77. The second-order valence-corrected chi connectivity index (χ2v) is 10.7. The number of amides is 1. The number of benzene rings is 1. The lowest BCUT2D eigenvalue weighted by molar-refractivity contribution is -0.135. The van der Waals surface area contributed by atoms with Crippen LogP contribution in [0.1, 0.15) is 18.4 Å². The number of carbonyl (C=O) groups excluding carboxylic acids is 1. The topological polar surface area (TPSA) is 70.2 Å². The van der Waals surface area contributed by atoms with Crippen molar-refractivity contribution in [2.45, 2.75) is 24.3 Å². The minimum absolute atomic E-state index is 0.224. The molecule has 4 rings (SSSR count). The molecule has 7 nitrogen and oxygen atoms in total. The van der Waals surface area contributed by atoms with Crippen LogP contribution < -0.4 is 0 Å². The van der Waals surface area contributed by atoms with Crippen LogP contribution in [-0.2, 0) is 25.9 Å². The van der Waals surface area contributed by atoms with Crippen LogP contribution in [0.3, 0.4) is 0 Å². The summed E-state index contributed by atoms with van der Waals surface area (Å²) in [7, 11) is -3.17. The summed E-state index contributed by atoms with van der Waals surface area (Å²) in [5, 5.41) is 0. The van der Waals surface area contributed by atoms with E-state index in [-0.39, 0.29) is 5.41 Å². The fraction of sp³-hybridized carbons (Fsp3) is 0.667. The van der Waals surface area contributed by atoms with Gasteiger partial charge in [-0.2, -0.15) is 0 Å². The first-order valence-corrected chi connectivity index (χ1v) is 12.4. The molecule has 0 radical (unpaired) electrons. The van der Waals surface area contributed by atoms with Crippen LogP contribution in [0.25, 0.3) is 0 Å². The van der Waals surface area contributed by atoms with E-state index in [0.717, 1.165) is 84.0 Å². The maximum absolute atomic E-state index is 13.1. The summed E-state index contributed by atoms with van der Waals surface area (Å²) in [6.07, 6.45) is 3.09. The number of morpholine rings is 1. The third kappa shape index (κ3) is 4.66. The highest BCUT2D eigenvalue weighted by Crippen LogP contribution is 2.41. The van der Waals surface area contributed by atoms with Gasteiger partial charge in [-0.15, -0.1) is 0 Å². The Morgan fingerprint density at radius 2 is 1.66 bits per heavy atom. The van der Waals surface area contributed by atoms with E-state index >= 15 is 0 Å². The van der Waals surface area contributed by atoms with Gasteiger partial charge in [-0.05, 0) is 37.1 Å². The van der Waals surface area contributed by atoms with Crippen LogP contribution in [0.15, 0.2) is 29.2 Å². The average Bonchev–Trinajstić information content (AvgIpc) is 3.25. The molecule has 3 aliphatic heterocycles. The van der Waals surface area contributed by atoms with E-state index in [0.29, 0.717) is 10.8 Å². The van der Waals surface area contributed by atoms with Gasteiger partial charge in [0.25, 0.3) is 0 Å².